The van der Waals surface area contributed by atoms with Gasteiger partial charge in [-0.05, 0) is 24.3 Å². The standard InChI is InChI=1S/C18H17ClN2O5/c1-25-18(24)17-15(19)6-5-13(21-17)10-20-16(23)7-8-26-14-4-2-3-12(9-14)11-22/h2-6,9,11H,7-8,10H2,1H3,(H,20,23). The molecular formula is C18H17ClN2O5. The monoisotopic (exact) mass is 376 g/mol. The number of nitrogens with one attached hydrogen (secondary N) is 1. The van der Waals surface area contributed by atoms with E-state index in [2.05, 4.69) is 15.0 Å². The van der Waals surface area contributed by atoms with Gasteiger partial charge < -0.3 is 14.8 Å². The summed E-state index contributed by atoms with van der Waals surface area (Å²) in [6.07, 6.45) is 0.851. The predicted octanol–water partition coefficient (Wildman–Crippen LogP) is 2.42. The Morgan fingerprint density at radius 1 is 1.27 bits per heavy atom. The fourth-order valence-corrected chi connectivity index (χ4v) is 2.22. The molecule has 0 aliphatic rings. The molecule has 0 spiro atoms. The number of carbonyl (C=O) groups is 3. The van der Waals surface area contributed by atoms with Gasteiger partial charge in [0.2, 0.25) is 5.91 Å². The van der Waals surface area contributed by atoms with Crippen molar-refractivity contribution in [1.29, 1.82) is 0 Å². The molecule has 26 heavy (non-hydrogen) atoms. The van der Waals surface area contributed by atoms with Crippen molar-refractivity contribution in [3.8, 4) is 5.75 Å². The maximum absolute atomic E-state index is 11.9. The molecule has 1 N–H and O–H groups in total. The van der Waals surface area contributed by atoms with E-state index in [0.29, 0.717) is 17.0 Å². The van der Waals surface area contributed by atoms with Crippen LogP contribution in [-0.2, 0) is 16.1 Å². The molecule has 0 unspecified atom stereocenters. The van der Waals surface area contributed by atoms with Crippen molar-refractivity contribution in [3.63, 3.8) is 0 Å². The van der Waals surface area contributed by atoms with Crippen LogP contribution in [0.1, 0.15) is 33.0 Å². The number of hydrogen-bond acceptors (Lipinski definition) is 6. The van der Waals surface area contributed by atoms with Crippen LogP contribution in [-0.4, -0.2) is 36.9 Å². The molecule has 1 amide bonds. The lowest BCUT2D eigenvalue weighted by Crippen LogP contribution is -2.25. The van der Waals surface area contributed by atoms with Gasteiger partial charge in [-0.15, -0.1) is 0 Å². The normalized spacial score (nSPS) is 10.1. The number of pyridine rings is 1. The summed E-state index contributed by atoms with van der Waals surface area (Å²) in [6, 6.07) is 9.79. The number of halogens is 1. The predicted molar refractivity (Wildman–Crippen MR) is 94.4 cm³/mol. The zero-order chi connectivity index (χ0) is 18.9. The topological polar surface area (TPSA) is 94.6 Å². The highest BCUT2D eigenvalue weighted by Gasteiger charge is 2.13. The first kappa shape index (κ1) is 19.4. The van der Waals surface area contributed by atoms with Crippen molar-refractivity contribution in [1.82, 2.24) is 10.3 Å². The fourth-order valence-electron chi connectivity index (χ4n) is 2.04. The Morgan fingerprint density at radius 3 is 2.81 bits per heavy atom. The number of methoxy groups -OCH3 is 1. The molecule has 0 saturated carbocycles. The van der Waals surface area contributed by atoms with Gasteiger partial charge in [-0.1, -0.05) is 23.7 Å². The van der Waals surface area contributed by atoms with Crippen LogP contribution in [0.2, 0.25) is 5.02 Å². The van der Waals surface area contributed by atoms with Crippen LogP contribution in [0.25, 0.3) is 0 Å². The van der Waals surface area contributed by atoms with Crippen molar-refractivity contribution >= 4 is 29.8 Å². The lowest BCUT2D eigenvalue weighted by atomic mass is 10.2. The average molecular weight is 377 g/mol. The molecule has 0 aliphatic heterocycles. The molecular weight excluding hydrogens is 360 g/mol. The van der Waals surface area contributed by atoms with Crippen LogP contribution in [0.3, 0.4) is 0 Å². The number of carbonyl (C=O) groups excluding carboxylic acids is 3. The molecule has 7 nitrogen and oxygen atoms in total. The molecule has 0 radical (unpaired) electrons. The van der Waals surface area contributed by atoms with Crippen molar-refractivity contribution in [2.45, 2.75) is 13.0 Å². The summed E-state index contributed by atoms with van der Waals surface area (Å²) in [5.74, 6) is -0.369. The number of aromatic nitrogens is 1. The lowest BCUT2D eigenvalue weighted by molar-refractivity contribution is -0.121. The summed E-state index contributed by atoms with van der Waals surface area (Å²) in [6.45, 7) is 0.302. The molecule has 1 heterocycles. The highest BCUT2D eigenvalue weighted by Crippen LogP contribution is 2.15. The second-order valence-corrected chi connectivity index (χ2v) is 5.60. The average Bonchev–Trinajstić information content (AvgIpc) is 2.67. The molecule has 1 aromatic heterocycles. The van der Waals surface area contributed by atoms with Gasteiger partial charge in [0.15, 0.2) is 5.69 Å². The Hall–Kier alpha value is -2.93. The minimum Gasteiger partial charge on any atom is -0.493 e. The Balaban J connectivity index is 1.81. The summed E-state index contributed by atoms with van der Waals surface area (Å²) >= 11 is 5.89. The van der Waals surface area contributed by atoms with Gasteiger partial charge in [0.25, 0.3) is 0 Å². The molecule has 1 aromatic carbocycles. The minimum absolute atomic E-state index is 0.000640. The highest BCUT2D eigenvalue weighted by atomic mass is 35.5. The van der Waals surface area contributed by atoms with Crippen LogP contribution in [0, 0.1) is 0 Å². The van der Waals surface area contributed by atoms with E-state index in [-0.39, 0.29) is 36.2 Å². The van der Waals surface area contributed by atoms with Gasteiger partial charge in [0.05, 0.1) is 37.4 Å². The molecule has 2 aromatic rings. The Bertz CT molecular complexity index is 810. The Kier molecular flexibility index (Phi) is 7.11. The van der Waals surface area contributed by atoms with E-state index >= 15 is 0 Å². The van der Waals surface area contributed by atoms with Crippen molar-refractivity contribution in [2.24, 2.45) is 0 Å². The first-order valence-electron chi connectivity index (χ1n) is 7.72. The molecule has 2 rings (SSSR count). The minimum atomic E-state index is -0.644. The van der Waals surface area contributed by atoms with E-state index in [1.807, 2.05) is 0 Å². The molecule has 0 saturated heterocycles. The van der Waals surface area contributed by atoms with Crippen LogP contribution in [0.15, 0.2) is 36.4 Å². The summed E-state index contributed by atoms with van der Waals surface area (Å²) in [5, 5.41) is 2.86. The van der Waals surface area contributed by atoms with Gasteiger partial charge in [-0.3, -0.25) is 9.59 Å². The number of aldehydes is 1. The summed E-state index contributed by atoms with van der Waals surface area (Å²) in [7, 11) is 1.24. The molecule has 0 bridgehead atoms. The largest absolute Gasteiger partial charge is 0.493 e. The number of hydrogen-bond donors (Lipinski definition) is 1. The number of nitrogens with zero attached hydrogens (tertiary/aromatic N) is 1. The number of amides is 1. The third kappa shape index (κ3) is 5.56. The van der Waals surface area contributed by atoms with Crippen molar-refractivity contribution in [3.05, 3.63) is 58.4 Å². The summed E-state index contributed by atoms with van der Waals surface area (Å²) < 4.78 is 10.0. The van der Waals surface area contributed by atoms with Crippen LogP contribution >= 0.6 is 11.6 Å². The van der Waals surface area contributed by atoms with E-state index in [0.717, 1.165) is 6.29 Å². The smallest absolute Gasteiger partial charge is 0.358 e. The van der Waals surface area contributed by atoms with E-state index in [4.69, 9.17) is 16.3 Å². The van der Waals surface area contributed by atoms with Crippen molar-refractivity contribution in [2.75, 3.05) is 13.7 Å². The van der Waals surface area contributed by atoms with Crippen LogP contribution in [0.4, 0.5) is 0 Å². The molecule has 0 aliphatic carbocycles. The molecule has 8 heteroatoms. The second kappa shape index (κ2) is 9.53. The maximum Gasteiger partial charge on any atom is 0.358 e. The Morgan fingerprint density at radius 2 is 2.08 bits per heavy atom. The lowest BCUT2D eigenvalue weighted by Gasteiger charge is -2.08. The number of ether oxygens (including phenoxy) is 2. The quantitative estimate of drug-likeness (QED) is 0.561. The van der Waals surface area contributed by atoms with Crippen LogP contribution in [0.5, 0.6) is 5.75 Å². The zero-order valence-corrected chi connectivity index (χ0v) is 14.8. The van der Waals surface area contributed by atoms with Gasteiger partial charge in [-0.2, -0.15) is 0 Å². The summed E-state index contributed by atoms with van der Waals surface area (Å²) in [5.41, 5.74) is 0.976. The first-order valence-corrected chi connectivity index (χ1v) is 8.09. The number of esters is 1. The third-order valence-electron chi connectivity index (χ3n) is 3.34. The first-order chi connectivity index (χ1) is 12.5. The summed E-state index contributed by atoms with van der Waals surface area (Å²) in [4.78, 5) is 38.2. The Labute approximate surface area is 155 Å². The second-order valence-electron chi connectivity index (χ2n) is 5.19. The van der Waals surface area contributed by atoms with E-state index in [1.54, 1.807) is 30.3 Å². The van der Waals surface area contributed by atoms with Crippen molar-refractivity contribution < 1.29 is 23.9 Å². The third-order valence-corrected chi connectivity index (χ3v) is 3.65. The van der Waals surface area contributed by atoms with Gasteiger partial charge in [0, 0.05) is 5.56 Å². The van der Waals surface area contributed by atoms with Gasteiger partial charge in [-0.25, -0.2) is 9.78 Å². The van der Waals surface area contributed by atoms with E-state index in [1.165, 1.54) is 13.2 Å². The van der Waals surface area contributed by atoms with Gasteiger partial charge >= 0.3 is 5.97 Å². The maximum atomic E-state index is 11.9. The zero-order valence-electron chi connectivity index (χ0n) is 14.0. The SMILES string of the molecule is COC(=O)c1nc(CNC(=O)CCOc2cccc(C=O)c2)ccc1Cl. The van der Waals surface area contributed by atoms with Gasteiger partial charge in [0.1, 0.15) is 12.0 Å². The van der Waals surface area contributed by atoms with E-state index < -0.39 is 5.97 Å². The number of benzene rings is 1. The molecule has 136 valence electrons. The molecule has 0 atom stereocenters. The number of rotatable bonds is 8. The fraction of sp³-hybridized carbons (Fsp3) is 0.222. The highest BCUT2D eigenvalue weighted by molar-refractivity contribution is 6.33. The van der Waals surface area contributed by atoms with Crippen LogP contribution < -0.4 is 10.1 Å². The van der Waals surface area contributed by atoms with E-state index in [9.17, 15) is 14.4 Å². The molecule has 0 fully saturated rings.